The van der Waals surface area contributed by atoms with Crippen LogP contribution in [0.1, 0.15) is 75.7 Å². The quantitative estimate of drug-likeness (QED) is 0.227. The maximum atomic E-state index is 15.8. The van der Waals surface area contributed by atoms with E-state index in [2.05, 4.69) is 24.7 Å². The molecule has 1 aliphatic carbocycles. The number of ether oxygens (including phenoxy) is 1. The Bertz CT molecular complexity index is 1930. The molecule has 1 saturated carbocycles. The largest absolute Gasteiger partial charge is 0.439 e. The highest BCUT2D eigenvalue weighted by molar-refractivity contribution is 5.80. The van der Waals surface area contributed by atoms with E-state index < -0.39 is 17.2 Å². The molecule has 11 nitrogen and oxygen atoms in total. The van der Waals surface area contributed by atoms with Crippen molar-refractivity contribution in [2.75, 3.05) is 6.61 Å². The molecule has 0 atom stereocenters. The SMILES string of the molecule is CCCc1c(Cc2ccc(-c3ccccc3-c3noc(=O)[nH]3)c(F)c2)c(=O)n(C2CCC(OCC(C)(C)O)CC2)c2ncnn12. The van der Waals surface area contributed by atoms with Gasteiger partial charge in [0, 0.05) is 29.2 Å². The monoisotopic (exact) mass is 616 g/mol. The van der Waals surface area contributed by atoms with E-state index in [1.54, 1.807) is 53.3 Å². The van der Waals surface area contributed by atoms with Crippen LogP contribution in [-0.2, 0) is 17.6 Å². The Balaban J connectivity index is 1.33. The molecule has 5 aromatic rings. The number of aromatic amines is 1. The summed E-state index contributed by atoms with van der Waals surface area (Å²) in [5.74, 6) is -0.435. The van der Waals surface area contributed by atoms with Gasteiger partial charge in [0.25, 0.3) is 5.56 Å². The summed E-state index contributed by atoms with van der Waals surface area (Å²) in [6.07, 6.45) is 6.11. The fraction of sp³-hybridized carbons (Fsp3) is 0.424. The van der Waals surface area contributed by atoms with E-state index in [9.17, 15) is 14.7 Å². The van der Waals surface area contributed by atoms with Gasteiger partial charge in [0.2, 0.25) is 5.78 Å². The Hall–Kier alpha value is -4.42. The summed E-state index contributed by atoms with van der Waals surface area (Å²) in [7, 11) is 0. The maximum absolute atomic E-state index is 15.8. The van der Waals surface area contributed by atoms with E-state index >= 15 is 4.39 Å². The molecule has 2 N–H and O–H groups in total. The Morgan fingerprint density at radius 2 is 1.84 bits per heavy atom. The van der Waals surface area contributed by atoms with Crippen molar-refractivity contribution in [2.45, 2.75) is 83.5 Å². The standard InChI is InChI=1S/C33H37FN6O5/c1-4-7-28-26(16-20-10-15-24(27(34)17-20)23-8-5-6-9-25(23)29-37-32(42)45-38-29)30(41)39(31-35-19-36-40(28)31)21-11-13-22(14-12-21)44-18-33(2,3)43/h5-6,8-10,15,17,19,21-22,43H,4,7,11-14,16,18H2,1-3H3,(H,37,38,42). The summed E-state index contributed by atoms with van der Waals surface area (Å²) in [5.41, 5.74) is 2.37. The number of halogens is 1. The number of aryl methyl sites for hydroxylation is 1. The molecule has 3 aromatic heterocycles. The molecule has 12 heteroatoms. The Morgan fingerprint density at radius 3 is 2.51 bits per heavy atom. The van der Waals surface area contributed by atoms with Crippen LogP contribution in [0.5, 0.6) is 0 Å². The van der Waals surface area contributed by atoms with Crippen molar-refractivity contribution in [1.29, 1.82) is 0 Å². The maximum Gasteiger partial charge on any atom is 0.439 e. The number of benzene rings is 2. The van der Waals surface area contributed by atoms with Crippen LogP contribution >= 0.6 is 0 Å². The lowest BCUT2D eigenvalue weighted by molar-refractivity contribution is -0.0654. The first-order valence-corrected chi connectivity index (χ1v) is 15.4. The van der Waals surface area contributed by atoms with Gasteiger partial charge in [0.1, 0.15) is 12.1 Å². The number of hydrogen-bond donors (Lipinski definition) is 2. The van der Waals surface area contributed by atoms with Gasteiger partial charge < -0.3 is 9.84 Å². The van der Waals surface area contributed by atoms with Gasteiger partial charge >= 0.3 is 5.76 Å². The zero-order chi connectivity index (χ0) is 31.7. The van der Waals surface area contributed by atoms with E-state index in [1.807, 2.05) is 13.0 Å². The molecule has 0 unspecified atom stereocenters. The third kappa shape index (κ3) is 6.38. The fourth-order valence-corrected chi connectivity index (χ4v) is 6.23. The lowest BCUT2D eigenvalue weighted by Gasteiger charge is -2.32. The first-order chi connectivity index (χ1) is 21.6. The molecule has 0 radical (unpaired) electrons. The van der Waals surface area contributed by atoms with Crippen molar-refractivity contribution in [3.63, 3.8) is 0 Å². The van der Waals surface area contributed by atoms with Crippen LogP contribution < -0.4 is 11.3 Å². The molecular formula is C33H37FN6O5. The van der Waals surface area contributed by atoms with Gasteiger partial charge in [-0.15, -0.1) is 0 Å². The summed E-state index contributed by atoms with van der Waals surface area (Å²) >= 11 is 0. The second-order valence-electron chi connectivity index (χ2n) is 12.4. The summed E-state index contributed by atoms with van der Waals surface area (Å²) in [6.45, 7) is 5.74. The van der Waals surface area contributed by atoms with Crippen molar-refractivity contribution >= 4 is 5.78 Å². The number of hydrogen-bond acceptors (Lipinski definition) is 8. The van der Waals surface area contributed by atoms with Crippen molar-refractivity contribution < 1.29 is 18.8 Å². The number of aromatic nitrogens is 6. The number of nitrogens with one attached hydrogen (secondary N) is 1. The minimum atomic E-state index is -0.899. The molecule has 0 amide bonds. The fourth-order valence-electron chi connectivity index (χ4n) is 6.23. The van der Waals surface area contributed by atoms with Crippen LogP contribution in [-0.4, -0.2) is 52.7 Å². The second-order valence-corrected chi connectivity index (χ2v) is 12.4. The topological polar surface area (TPSA) is 141 Å². The predicted molar refractivity (Wildman–Crippen MR) is 166 cm³/mol. The molecule has 0 saturated heterocycles. The van der Waals surface area contributed by atoms with Crippen LogP contribution in [0.2, 0.25) is 0 Å². The predicted octanol–water partition coefficient (Wildman–Crippen LogP) is 4.85. The van der Waals surface area contributed by atoms with Crippen LogP contribution in [0.15, 0.2) is 62.9 Å². The number of aliphatic hydroxyl groups is 1. The average Bonchev–Trinajstić information content (AvgIpc) is 3.68. The van der Waals surface area contributed by atoms with Crippen LogP contribution in [0.4, 0.5) is 4.39 Å². The van der Waals surface area contributed by atoms with E-state index in [0.29, 0.717) is 40.0 Å². The second kappa shape index (κ2) is 12.5. The lowest BCUT2D eigenvalue weighted by atomic mass is 9.92. The third-order valence-electron chi connectivity index (χ3n) is 8.32. The highest BCUT2D eigenvalue weighted by Crippen LogP contribution is 2.33. The summed E-state index contributed by atoms with van der Waals surface area (Å²) < 4.78 is 29.9. The van der Waals surface area contributed by atoms with Gasteiger partial charge in [0.15, 0.2) is 5.82 Å². The van der Waals surface area contributed by atoms with E-state index in [-0.39, 0.29) is 36.6 Å². The van der Waals surface area contributed by atoms with Crippen molar-refractivity contribution in [1.82, 2.24) is 29.3 Å². The first kappa shape index (κ1) is 30.6. The van der Waals surface area contributed by atoms with Crippen LogP contribution in [0, 0.1) is 5.82 Å². The molecule has 3 heterocycles. The minimum Gasteiger partial charge on any atom is -0.388 e. The molecule has 1 fully saturated rings. The number of rotatable bonds is 10. The van der Waals surface area contributed by atoms with Gasteiger partial charge in [-0.05, 0) is 63.1 Å². The van der Waals surface area contributed by atoms with Gasteiger partial charge in [-0.2, -0.15) is 10.1 Å². The summed E-state index contributed by atoms with van der Waals surface area (Å²) in [4.78, 5) is 32.8. The molecule has 45 heavy (non-hydrogen) atoms. The normalized spacial score (nSPS) is 17.3. The highest BCUT2D eigenvalue weighted by Gasteiger charge is 2.29. The van der Waals surface area contributed by atoms with Gasteiger partial charge in [-0.1, -0.05) is 54.9 Å². The van der Waals surface area contributed by atoms with Crippen molar-refractivity contribution in [2.24, 2.45) is 0 Å². The molecule has 0 aliphatic heterocycles. The van der Waals surface area contributed by atoms with E-state index in [0.717, 1.165) is 37.8 Å². The minimum absolute atomic E-state index is 0.0206. The smallest absolute Gasteiger partial charge is 0.388 e. The zero-order valence-electron chi connectivity index (χ0n) is 25.6. The van der Waals surface area contributed by atoms with Gasteiger partial charge in [-0.3, -0.25) is 18.9 Å². The molecular weight excluding hydrogens is 579 g/mol. The molecule has 0 spiro atoms. The molecule has 1 aliphatic rings. The zero-order valence-corrected chi connectivity index (χ0v) is 25.6. The lowest BCUT2D eigenvalue weighted by Crippen LogP contribution is -2.36. The van der Waals surface area contributed by atoms with E-state index in [4.69, 9.17) is 4.74 Å². The molecule has 6 rings (SSSR count). The molecule has 0 bridgehead atoms. The number of H-pyrrole nitrogens is 1. The Morgan fingerprint density at radius 1 is 1.09 bits per heavy atom. The Labute approximate surface area is 258 Å². The highest BCUT2D eigenvalue weighted by atomic mass is 19.1. The first-order valence-electron chi connectivity index (χ1n) is 15.4. The average molecular weight is 617 g/mol. The molecule has 236 valence electrons. The van der Waals surface area contributed by atoms with Crippen LogP contribution in [0.3, 0.4) is 0 Å². The Kier molecular flexibility index (Phi) is 8.52. The van der Waals surface area contributed by atoms with Gasteiger partial charge in [0.05, 0.1) is 24.0 Å². The van der Waals surface area contributed by atoms with E-state index in [1.165, 1.54) is 12.4 Å². The van der Waals surface area contributed by atoms with Crippen molar-refractivity contribution in [3.05, 3.63) is 92.3 Å². The molecule has 2 aromatic carbocycles. The summed E-state index contributed by atoms with van der Waals surface area (Å²) in [5, 5.41) is 18.3. The van der Waals surface area contributed by atoms with Gasteiger partial charge in [-0.25, -0.2) is 13.7 Å². The third-order valence-corrected chi connectivity index (χ3v) is 8.32. The number of fused-ring (bicyclic) bond motifs is 1. The van der Waals surface area contributed by atoms with Crippen LogP contribution in [0.25, 0.3) is 28.3 Å². The number of nitrogens with zero attached hydrogens (tertiary/aromatic N) is 5. The summed E-state index contributed by atoms with van der Waals surface area (Å²) in [6, 6.07) is 11.9. The van der Waals surface area contributed by atoms with Crippen molar-refractivity contribution in [3.8, 4) is 22.5 Å².